The SMILES string of the molecule is CCCCN(C(=O)C1=NN(Cc2ccc(F)cc2)C(=O)CC1)C(C)CC. The van der Waals surface area contributed by atoms with Crippen molar-refractivity contribution in [2.24, 2.45) is 5.10 Å². The maximum absolute atomic E-state index is 13.1. The van der Waals surface area contributed by atoms with E-state index in [1.807, 2.05) is 11.8 Å². The van der Waals surface area contributed by atoms with Crippen LogP contribution in [0.25, 0.3) is 0 Å². The molecule has 0 fully saturated rings. The van der Waals surface area contributed by atoms with Gasteiger partial charge in [-0.15, -0.1) is 0 Å². The van der Waals surface area contributed by atoms with Gasteiger partial charge in [0.1, 0.15) is 11.5 Å². The lowest BCUT2D eigenvalue weighted by Crippen LogP contribution is -2.45. The molecule has 0 aromatic heterocycles. The second kappa shape index (κ2) is 9.46. The zero-order chi connectivity index (χ0) is 19.1. The van der Waals surface area contributed by atoms with Crippen molar-refractivity contribution in [1.29, 1.82) is 0 Å². The van der Waals surface area contributed by atoms with Crippen LogP contribution in [0, 0.1) is 5.82 Å². The predicted molar refractivity (Wildman–Crippen MR) is 100.0 cm³/mol. The zero-order valence-corrected chi connectivity index (χ0v) is 15.9. The summed E-state index contributed by atoms with van der Waals surface area (Å²) < 4.78 is 13.1. The first kappa shape index (κ1) is 20.1. The van der Waals surface area contributed by atoms with Gasteiger partial charge in [0.2, 0.25) is 5.91 Å². The van der Waals surface area contributed by atoms with E-state index in [1.165, 1.54) is 17.1 Å². The van der Waals surface area contributed by atoms with Gasteiger partial charge in [-0.25, -0.2) is 9.40 Å². The number of hydrazone groups is 1. The standard InChI is InChI=1S/C20H28FN3O2/c1-4-6-13-23(15(3)5-2)20(26)18-11-12-19(25)24(22-18)14-16-7-9-17(21)10-8-16/h7-10,15H,4-6,11-14H2,1-3H3. The second-order valence-corrected chi connectivity index (χ2v) is 6.73. The van der Waals surface area contributed by atoms with Crippen LogP contribution in [-0.4, -0.2) is 40.0 Å². The number of halogens is 1. The lowest BCUT2D eigenvalue weighted by Gasteiger charge is -2.31. The highest BCUT2D eigenvalue weighted by atomic mass is 19.1. The van der Waals surface area contributed by atoms with Crippen molar-refractivity contribution in [3.05, 3.63) is 35.6 Å². The smallest absolute Gasteiger partial charge is 0.270 e. The third-order valence-electron chi connectivity index (χ3n) is 4.73. The van der Waals surface area contributed by atoms with Crippen LogP contribution in [0.1, 0.15) is 58.4 Å². The molecule has 0 spiro atoms. The number of rotatable bonds is 8. The molecule has 0 N–H and O–H groups in total. The van der Waals surface area contributed by atoms with Gasteiger partial charge in [-0.2, -0.15) is 5.10 Å². The molecule has 1 heterocycles. The van der Waals surface area contributed by atoms with E-state index in [0.717, 1.165) is 24.8 Å². The Labute approximate surface area is 154 Å². The van der Waals surface area contributed by atoms with Crippen molar-refractivity contribution in [2.45, 2.75) is 65.5 Å². The van der Waals surface area contributed by atoms with E-state index in [2.05, 4.69) is 18.9 Å². The Bertz CT molecular complexity index is 658. The van der Waals surface area contributed by atoms with Gasteiger partial charge in [-0.05, 0) is 37.5 Å². The number of unbranched alkanes of at least 4 members (excludes halogenated alkanes) is 1. The van der Waals surface area contributed by atoms with Crippen LogP contribution in [0.3, 0.4) is 0 Å². The zero-order valence-electron chi connectivity index (χ0n) is 15.9. The topological polar surface area (TPSA) is 53.0 Å². The molecule has 0 aliphatic carbocycles. The van der Waals surface area contributed by atoms with E-state index in [1.54, 1.807) is 12.1 Å². The number of carbonyl (C=O) groups is 2. The summed E-state index contributed by atoms with van der Waals surface area (Å²) in [5.74, 6) is -0.517. The number of benzene rings is 1. The van der Waals surface area contributed by atoms with Gasteiger partial charge in [0.25, 0.3) is 5.91 Å². The average molecular weight is 361 g/mol. The van der Waals surface area contributed by atoms with E-state index in [9.17, 15) is 14.0 Å². The Morgan fingerprint density at radius 2 is 1.96 bits per heavy atom. The predicted octanol–water partition coefficient (Wildman–Crippen LogP) is 3.73. The molecular formula is C20H28FN3O2. The lowest BCUT2D eigenvalue weighted by atomic mass is 10.1. The van der Waals surface area contributed by atoms with Crippen LogP contribution < -0.4 is 0 Å². The monoisotopic (exact) mass is 361 g/mol. The van der Waals surface area contributed by atoms with Crippen LogP contribution in [0.5, 0.6) is 0 Å². The minimum absolute atomic E-state index is 0.0793. The molecule has 1 aliphatic rings. The Kier molecular flexibility index (Phi) is 7.30. The number of hydrogen-bond acceptors (Lipinski definition) is 3. The molecule has 2 rings (SSSR count). The van der Waals surface area contributed by atoms with Crippen molar-refractivity contribution in [3.63, 3.8) is 0 Å². The molecule has 1 atom stereocenters. The molecule has 0 saturated heterocycles. The van der Waals surface area contributed by atoms with Crippen LogP contribution >= 0.6 is 0 Å². The normalized spacial score (nSPS) is 15.6. The van der Waals surface area contributed by atoms with Gasteiger partial charge >= 0.3 is 0 Å². The summed E-state index contributed by atoms with van der Waals surface area (Å²) in [7, 11) is 0. The maximum Gasteiger partial charge on any atom is 0.270 e. The first-order chi connectivity index (χ1) is 12.5. The molecule has 26 heavy (non-hydrogen) atoms. The minimum atomic E-state index is -0.321. The molecule has 1 aliphatic heterocycles. The first-order valence-electron chi connectivity index (χ1n) is 9.39. The fraction of sp³-hybridized carbons (Fsp3) is 0.550. The highest BCUT2D eigenvalue weighted by Gasteiger charge is 2.29. The summed E-state index contributed by atoms with van der Waals surface area (Å²) in [4.78, 5) is 27.0. The summed E-state index contributed by atoms with van der Waals surface area (Å²) in [6.45, 7) is 7.15. The minimum Gasteiger partial charge on any atom is -0.335 e. The quantitative estimate of drug-likeness (QED) is 0.708. The van der Waals surface area contributed by atoms with E-state index < -0.39 is 0 Å². The van der Waals surface area contributed by atoms with Crippen molar-refractivity contribution in [3.8, 4) is 0 Å². The Morgan fingerprint density at radius 1 is 1.27 bits per heavy atom. The van der Waals surface area contributed by atoms with E-state index >= 15 is 0 Å². The van der Waals surface area contributed by atoms with Crippen molar-refractivity contribution < 1.29 is 14.0 Å². The highest BCUT2D eigenvalue weighted by Crippen LogP contribution is 2.17. The molecule has 5 nitrogen and oxygen atoms in total. The number of nitrogens with zero attached hydrogens (tertiary/aromatic N) is 3. The molecule has 1 unspecified atom stereocenters. The first-order valence-corrected chi connectivity index (χ1v) is 9.39. The van der Waals surface area contributed by atoms with Crippen LogP contribution in [0.4, 0.5) is 4.39 Å². The fourth-order valence-electron chi connectivity index (χ4n) is 2.88. The number of hydrogen-bond donors (Lipinski definition) is 0. The summed E-state index contributed by atoms with van der Waals surface area (Å²) in [6.07, 6.45) is 3.48. The van der Waals surface area contributed by atoms with Gasteiger partial charge in [-0.3, -0.25) is 9.59 Å². The fourth-order valence-corrected chi connectivity index (χ4v) is 2.88. The molecule has 0 saturated carbocycles. The molecular weight excluding hydrogens is 333 g/mol. The molecule has 0 bridgehead atoms. The molecule has 1 aromatic carbocycles. The summed E-state index contributed by atoms with van der Waals surface area (Å²) in [5.41, 5.74) is 1.21. The molecule has 1 aromatic rings. The molecule has 2 amide bonds. The van der Waals surface area contributed by atoms with Gasteiger partial charge < -0.3 is 4.90 Å². The number of carbonyl (C=O) groups excluding carboxylic acids is 2. The van der Waals surface area contributed by atoms with Crippen molar-refractivity contribution in [1.82, 2.24) is 9.91 Å². The molecule has 6 heteroatoms. The van der Waals surface area contributed by atoms with Gasteiger partial charge in [0.15, 0.2) is 0 Å². The third-order valence-corrected chi connectivity index (χ3v) is 4.73. The van der Waals surface area contributed by atoms with Crippen molar-refractivity contribution in [2.75, 3.05) is 6.54 Å². The van der Waals surface area contributed by atoms with Gasteiger partial charge in [0.05, 0.1) is 6.54 Å². The van der Waals surface area contributed by atoms with Crippen LogP contribution in [0.15, 0.2) is 29.4 Å². The average Bonchev–Trinajstić information content (AvgIpc) is 2.65. The van der Waals surface area contributed by atoms with E-state index in [0.29, 0.717) is 18.7 Å². The van der Waals surface area contributed by atoms with E-state index in [-0.39, 0.29) is 36.6 Å². The van der Waals surface area contributed by atoms with E-state index in [4.69, 9.17) is 0 Å². The van der Waals surface area contributed by atoms with Crippen molar-refractivity contribution >= 4 is 17.5 Å². The summed E-state index contributed by atoms with van der Waals surface area (Å²) in [5, 5.41) is 5.67. The van der Waals surface area contributed by atoms with Gasteiger partial charge in [-0.1, -0.05) is 32.4 Å². The lowest BCUT2D eigenvalue weighted by molar-refractivity contribution is -0.132. The maximum atomic E-state index is 13.1. The Hall–Kier alpha value is -2.24. The third kappa shape index (κ3) is 5.13. The molecule has 142 valence electrons. The van der Waals surface area contributed by atoms with Crippen LogP contribution in [0.2, 0.25) is 0 Å². The van der Waals surface area contributed by atoms with Gasteiger partial charge in [0, 0.05) is 25.4 Å². The molecule has 0 radical (unpaired) electrons. The van der Waals surface area contributed by atoms with Crippen LogP contribution in [-0.2, 0) is 16.1 Å². The highest BCUT2D eigenvalue weighted by molar-refractivity contribution is 6.39. The Balaban J connectivity index is 2.16. The second-order valence-electron chi connectivity index (χ2n) is 6.73. The summed E-state index contributed by atoms with van der Waals surface area (Å²) >= 11 is 0. The number of amides is 2. The Morgan fingerprint density at radius 3 is 2.58 bits per heavy atom. The largest absolute Gasteiger partial charge is 0.335 e. The summed E-state index contributed by atoms with van der Waals surface area (Å²) in [6, 6.07) is 6.10.